The van der Waals surface area contributed by atoms with Gasteiger partial charge in [0.15, 0.2) is 16.6 Å². The normalized spacial score (nSPS) is 12.8. The lowest BCUT2D eigenvalue weighted by Crippen LogP contribution is -2.41. The summed E-state index contributed by atoms with van der Waals surface area (Å²) in [6, 6.07) is 23.5. The highest BCUT2D eigenvalue weighted by Crippen LogP contribution is 2.33. The molecule has 7 nitrogen and oxygen atoms in total. The second-order valence-electron chi connectivity index (χ2n) is 8.93. The highest BCUT2D eigenvalue weighted by Gasteiger charge is 2.19. The molecule has 1 aliphatic heterocycles. The van der Waals surface area contributed by atoms with Gasteiger partial charge in [-0.2, -0.15) is 0 Å². The Morgan fingerprint density at radius 2 is 1.86 bits per heavy atom. The van der Waals surface area contributed by atoms with E-state index in [4.69, 9.17) is 26.4 Å². The molecule has 3 aromatic carbocycles. The Hall–Kier alpha value is -4.04. The number of aromatic amines is 1. The van der Waals surface area contributed by atoms with Gasteiger partial charge in [-0.15, -0.1) is 0 Å². The van der Waals surface area contributed by atoms with Crippen LogP contribution in [0, 0.1) is 0 Å². The lowest BCUT2D eigenvalue weighted by atomic mass is 10.1. The Balaban J connectivity index is 1.44. The number of hydrogen-bond acceptors (Lipinski definition) is 5. The van der Waals surface area contributed by atoms with Gasteiger partial charge in [-0.3, -0.25) is 4.79 Å². The van der Waals surface area contributed by atoms with Gasteiger partial charge in [0.1, 0.15) is 5.75 Å². The summed E-state index contributed by atoms with van der Waals surface area (Å²) in [5, 5.41) is 4.90. The molecule has 2 N–H and O–H groups in total. The Labute approximate surface area is 221 Å². The second kappa shape index (κ2) is 10.9. The van der Waals surface area contributed by atoms with Crippen LogP contribution in [0.2, 0.25) is 0 Å². The molecule has 0 aliphatic carbocycles. The van der Waals surface area contributed by atoms with Crippen molar-refractivity contribution in [2.75, 3.05) is 13.4 Å². The number of rotatable bonds is 8. The summed E-state index contributed by atoms with van der Waals surface area (Å²) in [4.78, 5) is 18.0. The van der Waals surface area contributed by atoms with Crippen molar-refractivity contribution in [2.24, 2.45) is 0 Å². The fourth-order valence-electron chi connectivity index (χ4n) is 4.37. The van der Waals surface area contributed by atoms with Gasteiger partial charge in [0.2, 0.25) is 6.79 Å². The van der Waals surface area contributed by atoms with Crippen LogP contribution in [-0.4, -0.2) is 28.4 Å². The van der Waals surface area contributed by atoms with Crippen molar-refractivity contribution in [1.82, 2.24) is 15.2 Å². The lowest BCUT2D eigenvalue weighted by Gasteiger charge is -2.28. The van der Waals surface area contributed by atoms with Crippen molar-refractivity contribution in [3.05, 3.63) is 99.8 Å². The number of benzene rings is 3. The van der Waals surface area contributed by atoms with E-state index >= 15 is 0 Å². The van der Waals surface area contributed by atoms with Gasteiger partial charge < -0.3 is 29.4 Å². The van der Waals surface area contributed by atoms with Crippen molar-refractivity contribution in [3.63, 3.8) is 0 Å². The van der Waals surface area contributed by atoms with E-state index in [0.29, 0.717) is 36.1 Å². The van der Waals surface area contributed by atoms with Crippen LogP contribution in [0.3, 0.4) is 0 Å². The van der Waals surface area contributed by atoms with Crippen LogP contribution in [-0.2, 0) is 13.1 Å². The van der Waals surface area contributed by atoms with Crippen LogP contribution in [0.25, 0.3) is 10.9 Å². The van der Waals surface area contributed by atoms with Gasteiger partial charge in [0.25, 0.3) is 5.56 Å². The van der Waals surface area contributed by atoms with E-state index < -0.39 is 0 Å². The first-order valence-electron chi connectivity index (χ1n) is 12.3. The van der Waals surface area contributed by atoms with Crippen LogP contribution >= 0.6 is 12.2 Å². The van der Waals surface area contributed by atoms with Crippen LogP contribution in [0.4, 0.5) is 0 Å². The van der Waals surface area contributed by atoms with Crippen LogP contribution < -0.4 is 25.1 Å². The van der Waals surface area contributed by atoms with E-state index in [1.54, 1.807) is 0 Å². The number of ether oxygens (including phenoxy) is 3. The molecule has 4 aromatic rings. The lowest BCUT2D eigenvalue weighted by molar-refractivity contribution is 0.174. The molecule has 8 heteroatoms. The summed E-state index contributed by atoms with van der Waals surface area (Å²) in [5.74, 6) is 2.20. The fraction of sp³-hybridized carbons (Fsp3) is 0.241. The summed E-state index contributed by atoms with van der Waals surface area (Å²) >= 11 is 5.87. The molecular weight excluding hydrogens is 486 g/mol. The standard InChI is InChI=1S/C29H29N3O4S/c1-3-34-24-10-11-25-22(15-24)14-23(28(33)31-25)17-32(16-20-9-12-26-27(13-20)36-18-35-26)29(37)30-19(2)21-7-5-4-6-8-21/h4-15,19H,3,16-18H2,1-2H3,(H,30,37)(H,31,33)/t19-/m1/s1. The van der Waals surface area contributed by atoms with E-state index in [1.165, 1.54) is 0 Å². The average molecular weight is 516 g/mol. The molecule has 0 amide bonds. The summed E-state index contributed by atoms with van der Waals surface area (Å²) < 4.78 is 16.7. The zero-order valence-corrected chi connectivity index (χ0v) is 21.6. The molecule has 1 aliphatic rings. The molecule has 0 spiro atoms. The largest absolute Gasteiger partial charge is 0.494 e. The fourth-order valence-corrected chi connectivity index (χ4v) is 4.68. The monoisotopic (exact) mass is 515 g/mol. The topological polar surface area (TPSA) is 75.8 Å². The van der Waals surface area contributed by atoms with E-state index in [0.717, 1.165) is 33.5 Å². The molecular formula is C29H29N3O4S. The van der Waals surface area contributed by atoms with Gasteiger partial charge in [-0.1, -0.05) is 36.4 Å². The summed E-state index contributed by atoms with van der Waals surface area (Å²) in [6.45, 7) is 5.61. The third-order valence-corrected chi connectivity index (χ3v) is 6.68. The minimum absolute atomic E-state index is 0.00315. The number of pyridine rings is 1. The number of fused-ring (bicyclic) bond motifs is 2. The van der Waals surface area contributed by atoms with E-state index in [1.807, 2.05) is 72.5 Å². The Bertz CT molecular complexity index is 1470. The zero-order valence-electron chi connectivity index (χ0n) is 20.8. The highest BCUT2D eigenvalue weighted by atomic mass is 32.1. The van der Waals surface area contributed by atoms with Crippen molar-refractivity contribution in [1.29, 1.82) is 0 Å². The molecule has 37 heavy (non-hydrogen) atoms. The maximum absolute atomic E-state index is 13.0. The van der Waals surface area contributed by atoms with Gasteiger partial charge >= 0.3 is 0 Å². The first-order valence-corrected chi connectivity index (χ1v) is 12.7. The van der Waals surface area contributed by atoms with Gasteiger partial charge in [-0.05, 0) is 73.6 Å². The number of thiocarbonyl (C=S) groups is 1. The molecule has 0 saturated carbocycles. The predicted octanol–water partition coefficient (Wildman–Crippen LogP) is 5.29. The van der Waals surface area contributed by atoms with Crippen molar-refractivity contribution in [2.45, 2.75) is 33.0 Å². The zero-order chi connectivity index (χ0) is 25.8. The van der Waals surface area contributed by atoms with E-state index in [-0.39, 0.29) is 18.4 Å². The second-order valence-corrected chi connectivity index (χ2v) is 9.32. The smallest absolute Gasteiger partial charge is 0.253 e. The Morgan fingerprint density at radius 3 is 2.68 bits per heavy atom. The molecule has 0 fully saturated rings. The quantitative estimate of drug-likeness (QED) is 0.309. The van der Waals surface area contributed by atoms with Gasteiger partial charge in [-0.25, -0.2) is 0 Å². The predicted molar refractivity (Wildman–Crippen MR) is 148 cm³/mol. The van der Waals surface area contributed by atoms with Gasteiger partial charge in [0, 0.05) is 23.0 Å². The first-order chi connectivity index (χ1) is 18.0. The van der Waals surface area contributed by atoms with Gasteiger partial charge in [0.05, 0.1) is 19.2 Å². The molecule has 0 radical (unpaired) electrons. The maximum Gasteiger partial charge on any atom is 0.253 e. The summed E-state index contributed by atoms with van der Waals surface area (Å²) in [5.41, 5.74) is 3.35. The molecule has 190 valence electrons. The first kappa shape index (κ1) is 24.6. The molecule has 0 bridgehead atoms. The Kier molecular flexibility index (Phi) is 7.28. The minimum Gasteiger partial charge on any atom is -0.494 e. The Morgan fingerprint density at radius 1 is 1.05 bits per heavy atom. The number of nitrogens with one attached hydrogen (secondary N) is 2. The molecule has 1 atom stereocenters. The molecule has 0 saturated heterocycles. The number of nitrogens with zero attached hydrogens (tertiary/aromatic N) is 1. The third-order valence-electron chi connectivity index (χ3n) is 6.30. The average Bonchev–Trinajstić information content (AvgIpc) is 3.37. The van der Waals surface area contributed by atoms with Crippen LogP contribution in [0.5, 0.6) is 17.2 Å². The number of hydrogen-bond donors (Lipinski definition) is 2. The minimum atomic E-state index is -0.147. The van der Waals surface area contributed by atoms with Crippen LogP contribution in [0.1, 0.15) is 36.6 Å². The third kappa shape index (κ3) is 5.70. The number of H-pyrrole nitrogens is 1. The van der Waals surface area contributed by atoms with Crippen LogP contribution in [0.15, 0.2) is 77.6 Å². The summed E-state index contributed by atoms with van der Waals surface area (Å²) in [7, 11) is 0. The van der Waals surface area contributed by atoms with E-state index in [9.17, 15) is 4.79 Å². The van der Waals surface area contributed by atoms with E-state index in [2.05, 4.69) is 29.4 Å². The molecule has 1 aromatic heterocycles. The van der Waals surface area contributed by atoms with Crippen molar-refractivity contribution < 1.29 is 14.2 Å². The van der Waals surface area contributed by atoms with Crippen molar-refractivity contribution >= 4 is 28.2 Å². The molecule has 2 heterocycles. The van der Waals surface area contributed by atoms with Crippen molar-refractivity contribution in [3.8, 4) is 17.2 Å². The maximum atomic E-state index is 13.0. The molecule has 5 rings (SSSR count). The molecule has 0 unspecified atom stereocenters. The summed E-state index contributed by atoms with van der Waals surface area (Å²) in [6.07, 6.45) is 0. The SMILES string of the molecule is CCOc1ccc2[nH]c(=O)c(CN(Cc3ccc4c(c3)OCO4)C(=S)N[C@H](C)c3ccccc3)cc2c1. The highest BCUT2D eigenvalue weighted by molar-refractivity contribution is 7.80. The number of aromatic nitrogens is 1.